The van der Waals surface area contributed by atoms with Crippen molar-refractivity contribution in [3.63, 3.8) is 0 Å². The molecule has 0 radical (unpaired) electrons. The number of hydrogen-bond donors (Lipinski definition) is 1. The predicted octanol–water partition coefficient (Wildman–Crippen LogP) is 4.25. The molecule has 0 spiro atoms. The van der Waals surface area contributed by atoms with Gasteiger partial charge in [0.15, 0.2) is 0 Å². The predicted molar refractivity (Wildman–Crippen MR) is 87.9 cm³/mol. The smallest absolute Gasteiger partial charge is 0.0631 e. The van der Waals surface area contributed by atoms with Gasteiger partial charge in [0.25, 0.3) is 0 Å². The van der Waals surface area contributed by atoms with E-state index in [1.54, 1.807) is 0 Å². The number of rotatable bonds is 5. The topological polar surface area (TPSA) is 29.9 Å². The number of nitrogens with zero attached hydrogens (tertiary/aromatic N) is 2. The van der Waals surface area contributed by atoms with Crippen molar-refractivity contribution in [3.8, 4) is 0 Å². The van der Waals surface area contributed by atoms with E-state index in [0.717, 1.165) is 12.6 Å². The van der Waals surface area contributed by atoms with Crippen LogP contribution in [-0.2, 0) is 0 Å². The summed E-state index contributed by atoms with van der Waals surface area (Å²) in [6.07, 6.45) is 10.9. The Morgan fingerprint density at radius 3 is 2.38 bits per heavy atom. The summed E-state index contributed by atoms with van der Waals surface area (Å²) < 4.78 is 2.36. The Morgan fingerprint density at radius 1 is 1.10 bits per heavy atom. The van der Waals surface area contributed by atoms with Crippen LogP contribution in [0.2, 0.25) is 0 Å². The van der Waals surface area contributed by atoms with Crippen molar-refractivity contribution >= 4 is 0 Å². The first-order chi connectivity index (χ1) is 10.2. The Hall–Kier alpha value is -0.830. The average molecular weight is 289 g/mol. The first-order valence-corrected chi connectivity index (χ1v) is 8.95. The summed E-state index contributed by atoms with van der Waals surface area (Å²) >= 11 is 0. The molecule has 3 nitrogen and oxygen atoms in total. The summed E-state index contributed by atoms with van der Waals surface area (Å²) in [5, 5.41) is 8.60. The van der Waals surface area contributed by atoms with Gasteiger partial charge in [0, 0.05) is 23.8 Å². The van der Waals surface area contributed by atoms with E-state index >= 15 is 0 Å². The van der Waals surface area contributed by atoms with Crippen molar-refractivity contribution in [2.75, 3.05) is 6.54 Å². The van der Waals surface area contributed by atoms with Gasteiger partial charge in [-0.25, -0.2) is 0 Å². The molecular formula is C18H31N3. The molecule has 1 aromatic rings. The van der Waals surface area contributed by atoms with Gasteiger partial charge in [-0.05, 0) is 45.4 Å². The fourth-order valence-electron chi connectivity index (χ4n) is 3.98. The highest BCUT2D eigenvalue weighted by atomic mass is 15.3. The fraction of sp³-hybridized carbons (Fsp3) is 0.833. The minimum atomic E-state index is 0.574. The Labute approximate surface area is 129 Å². The van der Waals surface area contributed by atoms with Crippen molar-refractivity contribution in [3.05, 3.63) is 17.0 Å². The van der Waals surface area contributed by atoms with Gasteiger partial charge in [0.2, 0.25) is 0 Å². The highest BCUT2D eigenvalue weighted by molar-refractivity contribution is 5.29. The van der Waals surface area contributed by atoms with Crippen LogP contribution in [-0.4, -0.2) is 22.4 Å². The lowest BCUT2D eigenvalue weighted by atomic mass is 9.98. The maximum Gasteiger partial charge on any atom is 0.0631 e. The van der Waals surface area contributed by atoms with Crippen molar-refractivity contribution in [1.29, 1.82) is 0 Å². The largest absolute Gasteiger partial charge is 0.313 e. The Bertz CT molecular complexity index is 465. The van der Waals surface area contributed by atoms with Gasteiger partial charge in [0.05, 0.1) is 11.7 Å². The third kappa shape index (κ3) is 3.50. The Kier molecular flexibility index (Phi) is 4.68. The summed E-state index contributed by atoms with van der Waals surface area (Å²) in [5.41, 5.74) is 4.17. The number of aromatic nitrogens is 2. The minimum absolute atomic E-state index is 0.574. The Balaban J connectivity index is 1.74. The van der Waals surface area contributed by atoms with Crippen LogP contribution in [0.1, 0.15) is 87.2 Å². The Morgan fingerprint density at radius 2 is 1.76 bits per heavy atom. The van der Waals surface area contributed by atoms with Crippen LogP contribution >= 0.6 is 0 Å². The van der Waals surface area contributed by atoms with Crippen LogP contribution in [0.15, 0.2) is 0 Å². The average Bonchev–Trinajstić information content (AvgIpc) is 3.26. The maximum absolute atomic E-state index is 4.93. The second-order valence-corrected chi connectivity index (χ2v) is 7.26. The second-order valence-electron chi connectivity index (χ2n) is 7.26. The van der Waals surface area contributed by atoms with Crippen molar-refractivity contribution in [2.45, 2.75) is 90.1 Å². The molecule has 2 aliphatic rings. The summed E-state index contributed by atoms with van der Waals surface area (Å²) in [4.78, 5) is 0. The highest BCUT2D eigenvalue weighted by Gasteiger charge is 2.25. The molecule has 1 aromatic heterocycles. The molecule has 0 saturated heterocycles. The van der Waals surface area contributed by atoms with E-state index in [0.29, 0.717) is 12.0 Å². The van der Waals surface area contributed by atoms with Crippen LogP contribution in [0.3, 0.4) is 0 Å². The molecule has 0 amide bonds. The van der Waals surface area contributed by atoms with Gasteiger partial charge in [-0.1, -0.05) is 32.6 Å². The molecule has 3 rings (SSSR count). The lowest BCUT2D eigenvalue weighted by Crippen LogP contribution is -2.22. The molecule has 2 fully saturated rings. The molecule has 2 saturated carbocycles. The SMILES string of the molecule is Cc1nn(C2CCCCCC2)c(C)c1C(C)CNC1CC1. The third-order valence-corrected chi connectivity index (χ3v) is 5.33. The monoisotopic (exact) mass is 289 g/mol. The van der Waals surface area contributed by atoms with Gasteiger partial charge in [-0.3, -0.25) is 4.68 Å². The van der Waals surface area contributed by atoms with E-state index in [1.165, 1.54) is 68.3 Å². The molecule has 1 N–H and O–H groups in total. The number of hydrogen-bond acceptors (Lipinski definition) is 2. The van der Waals surface area contributed by atoms with E-state index in [-0.39, 0.29) is 0 Å². The van der Waals surface area contributed by atoms with E-state index in [2.05, 4.69) is 30.8 Å². The van der Waals surface area contributed by atoms with Gasteiger partial charge in [-0.2, -0.15) is 5.10 Å². The summed E-state index contributed by atoms with van der Waals surface area (Å²) in [6.45, 7) is 7.93. The molecule has 118 valence electrons. The van der Waals surface area contributed by atoms with Crippen LogP contribution in [0.4, 0.5) is 0 Å². The van der Waals surface area contributed by atoms with Crippen LogP contribution < -0.4 is 5.32 Å². The van der Waals surface area contributed by atoms with Gasteiger partial charge < -0.3 is 5.32 Å². The molecule has 0 aromatic carbocycles. The van der Waals surface area contributed by atoms with E-state index in [9.17, 15) is 0 Å². The molecule has 1 heterocycles. The maximum atomic E-state index is 4.93. The van der Waals surface area contributed by atoms with Crippen LogP contribution in [0.5, 0.6) is 0 Å². The summed E-state index contributed by atoms with van der Waals surface area (Å²) in [6, 6.07) is 1.44. The van der Waals surface area contributed by atoms with Crippen LogP contribution in [0, 0.1) is 13.8 Å². The summed E-state index contributed by atoms with van der Waals surface area (Å²) in [5.74, 6) is 0.574. The quantitative estimate of drug-likeness (QED) is 0.821. The lowest BCUT2D eigenvalue weighted by molar-refractivity contribution is 0.396. The van der Waals surface area contributed by atoms with E-state index in [1.807, 2.05) is 0 Å². The zero-order chi connectivity index (χ0) is 14.8. The first kappa shape index (κ1) is 15.1. The first-order valence-electron chi connectivity index (χ1n) is 8.95. The van der Waals surface area contributed by atoms with Gasteiger partial charge in [-0.15, -0.1) is 0 Å². The molecule has 1 unspecified atom stereocenters. The van der Waals surface area contributed by atoms with Gasteiger partial charge in [0.1, 0.15) is 0 Å². The highest BCUT2D eigenvalue weighted by Crippen LogP contribution is 2.32. The van der Waals surface area contributed by atoms with Crippen LogP contribution in [0.25, 0.3) is 0 Å². The van der Waals surface area contributed by atoms with Crippen molar-refractivity contribution in [1.82, 2.24) is 15.1 Å². The lowest BCUT2D eigenvalue weighted by Gasteiger charge is -2.18. The second kappa shape index (κ2) is 6.51. The summed E-state index contributed by atoms with van der Waals surface area (Å²) in [7, 11) is 0. The zero-order valence-corrected chi connectivity index (χ0v) is 14.0. The zero-order valence-electron chi connectivity index (χ0n) is 14.0. The van der Waals surface area contributed by atoms with Crippen molar-refractivity contribution < 1.29 is 0 Å². The normalized spacial score (nSPS) is 22.2. The van der Waals surface area contributed by atoms with E-state index < -0.39 is 0 Å². The number of aryl methyl sites for hydroxylation is 1. The van der Waals surface area contributed by atoms with Gasteiger partial charge >= 0.3 is 0 Å². The molecule has 0 bridgehead atoms. The molecular weight excluding hydrogens is 258 g/mol. The van der Waals surface area contributed by atoms with Crippen molar-refractivity contribution in [2.24, 2.45) is 0 Å². The number of nitrogens with one attached hydrogen (secondary N) is 1. The minimum Gasteiger partial charge on any atom is -0.313 e. The molecule has 0 aliphatic heterocycles. The molecule has 2 aliphatic carbocycles. The fourth-order valence-corrected chi connectivity index (χ4v) is 3.98. The molecule has 1 atom stereocenters. The third-order valence-electron chi connectivity index (χ3n) is 5.33. The molecule has 3 heteroatoms. The standard InChI is InChI=1S/C18H31N3/c1-13(12-19-16-10-11-16)18-14(2)20-21(15(18)3)17-8-6-4-5-7-9-17/h13,16-17,19H,4-12H2,1-3H3. The van der Waals surface area contributed by atoms with E-state index in [4.69, 9.17) is 5.10 Å². The molecule has 21 heavy (non-hydrogen) atoms.